The van der Waals surface area contributed by atoms with E-state index in [1.165, 1.54) is 16.9 Å². The Morgan fingerprint density at radius 3 is 2.76 bits per heavy atom. The highest BCUT2D eigenvalue weighted by Crippen LogP contribution is 2.22. The van der Waals surface area contributed by atoms with Crippen molar-refractivity contribution in [2.24, 2.45) is 5.84 Å². The molecule has 2 aromatic rings. The van der Waals surface area contributed by atoms with E-state index < -0.39 is 0 Å². The quantitative estimate of drug-likeness (QED) is 0.504. The van der Waals surface area contributed by atoms with Gasteiger partial charge in [-0.1, -0.05) is 23.7 Å². The number of hydrogen-bond donors (Lipinski definition) is 2. The van der Waals surface area contributed by atoms with E-state index in [4.69, 9.17) is 17.4 Å². The van der Waals surface area contributed by atoms with Crippen LogP contribution in [0.5, 0.6) is 0 Å². The van der Waals surface area contributed by atoms with Crippen molar-refractivity contribution in [2.45, 2.75) is 19.5 Å². The zero-order valence-electron chi connectivity index (χ0n) is 11.8. The lowest BCUT2D eigenvalue weighted by molar-refractivity contribution is 0.0953. The van der Waals surface area contributed by atoms with Crippen LogP contribution < -0.4 is 11.3 Å². The Labute approximate surface area is 132 Å². The molecule has 112 valence electrons. The third kappa shape index (κ3) is 4.01. The second-order valence-electron chi connectivity index (χ2n) is 4.76. The first-order chi connectivity index (χ1) is 10.0. The van der Waals surface area contributed by atoms with Crippen LogP contribution in [0.2, 0.25) is 5.02 Å². The molecule has 1 aromatic carbocycles. The number of thiazole rings is 1. The van der Waals surface area contributed by atoms with Crippen molar-refractivity contribution in [1.29, 1.82) is 0 Å². The molecule has 1 aromatic heterocycles. The Bertz CT molecular complexity index is 614. The van der Waals surface area contributed by atoms with Crippen LogP contribution in [0.15, 0.2) is 29.6 Å². The minimum Gasteiger partial charge on any atom is -0.294 e. The maximum absolute atomic E-state index is 11.4. The first kappa shape index (κ1) is 15.9. The van der Waals surface area contributed by atoms with Crippen LogP contribution in [0.4, 0.5) is 0 Å². The highest BCUT2D eigenvalue weighted by molar-refractivity contribution is 7.11. The summed E-state index contributed by atoms with van der Waals surface area (Å²) in [6, 6.07) is 8.01. The second kappa shape index (κ2) is 7.00. The van der Waals surface area contributed by atoms with E-state index in [0.717, 1.165) is 10.7 Å². The van der Waals surface area contributed by atoms with Gasteiger partial charge in [0.2, 0.25) is 0 Å². The Morgan fingerprint density at radius 2 is 2.14 bits per heavy atom. The molecule has 3 N–H and O–H groups in total. The van der Waals surface area contributed by atoms with Crippen molar-refractivity contribution >= 4 is 28.8 Å². The summed E-state index contributed by atoms with van der Waals surface area (Å²) < 4.78 is 0. The third-order valence-corrected chi connectivity index (χ3v) is 4.44. The van der Waals surface area contributed by atoms with Crippen LogP contribution in [0.1, 0.15) is 34.0 Å². The molecular formula is C14H17ClN4OS. The summed E-state index contributed by atoms with van der Waals surface area (Å²) in [4.78, 5) is 17.8. The van der Waals surface area contributed by atoms with Gasteiger partial charge >= 0.3 is 0 Å². The van der Waals surface area contributed by atoms with Gasteiger partial charge in [-0.2, -0.15) is 0 Å². The summed E-state index contributed by atoms with van der Waals surface area (Å²) in [6.07, 6.45) is 0. The van der Waals surface area contributed by atoms with Gasteiger partial charge in [0.05, 0.1) is 5.69 Å². The van der Waals surface area contributed by atoms with Gasteiger partial charge in [-0.3, -0.25) is 15.1 Å². The Morgan fingerprint density at radius 1 is 1.48 bits per heavy atom. The number of rotatable bonds is 5. The molecule has 0 aliphatic heterocycles. The number of nitrogens with zero attached hydrogens (tertiary/aromatic N) is 2. The van der Waals surface area contributed by atoms with Crippen molar-refractivity contribution in [3.8, 4) is 0 Å². The maximum atomic E-state index is 11.4. The molecule has 0 saturated carbocycles. The monoisotopic (exact) mass is 324 g/mol. The van der Waals surface area contributed by atoms with Crippen molar-refractivity contribution in [2.75, 3.05) is 7.05 Å². The van der Waals surface area contributed by atoms with Gasteiger partial charge in [0.25, 0.3) is 5.91 Å². The average molecular weight is 325 g/mol. The minimum absolute atomic E-state index is 0.218. The van der Waals surface area contributed by atoms with Gasteiger partial charge in [-0.25, -0.2) is 10.8 Å². The predicted octanol–water partition coefficient (Wildman–Crippen LogP) is 2.59. The summed E-state index contributed by atoms with van der Waals surface area (Å²) in [6.45, 7) is 2.77. The molecule has 0 saturated heterocycles. The van der Waals surface area contributed by atoms with Crippen molar-refractivity contribution in [3.63, 3.8) is 0 Å². The van der Waals surface area contributed by atoms with Crippen LogP contribution in [-0.2, 0) is 6.54 Å². The van der Waals surface area contributed by atoms with Gasteiger partial charge < -0.3 is 0 Å². The fourth-order valence-electron chi connectivity index (χ4n) is 1.93. The normalized spacial score (nSPS) is 12.4. The molecule has 21 heavy (non-hydrogen) atoms. The second-order valence-corrected chi connectivity index (χ2v) is 6.05. The molecule has 0 bridgehead atoms. The average Bonchev–Trinajstić information content (AvgIpc) is 2.95. The molecule has 1 atom stereocenters. The summed E-state index contributed by atoms with van der Waals surface area (Å²) in [5.74, 6) is 4.74. The third-order valence-electron chi connectivity index (χ3n) is 3.30. The standard InChI is InChI=1S/C14H17ClN4OS/c1-9(10-3-5-11(15)6-4-10)19(2)7-12-8-21-14(17-12)13(20)18-16/h3-6,8-9H,7,16H2,1-2H3,(H,18,20). The number of halogens is 1. The van der Waals surface area contributed by atoms with E-state index in [-0.39, 0.29) is 11.9 Å². The van der Waals surface area contributed by atoms with Gasteiger partial charge in [0, 0.05) is 23.0 Å². The molecule has 0 aliphatic rings. The molecule has 7 heteroatoms. The van der Waals surface area contributed by atoms with E-state index in [9.17, 15) is 4.79 Å². The van der Waals surface area contributed by atoms with Crippen LogP contribution in [-0.4, -0.2) is 22.8 Å². The Hall–Kier alpha value is -1.47. The molecule has 1 amide bonds. The number of nitrogen functional groups attached to an aromatic ring is 1. The minimum atomic E-state index is -0.361. The summed E-state index contributed by atoms with van der Waals surface area (Å²) >= 11 is 7.19. The van der Waals surface area contributed by atoms with E-state index in [0.29, 0.717) is 11.6 Å². The van der Waals surface area contributed by atoms with E-state index in [1.807, 2.05) is 36.7 Å². The molecule has 0 aliphatic carbocycles. The number of nitrogens with one attached hydrogen (secondary N) is 1. The molecular weight excluding hydrogens is 308 g/mol. The lowest BCUT2D eigenvalue weighted by atomic mass is 10.1. The van der Waals surface area contributed by atoms with Crippen LogP contribution >= 0.6 is 22.9 Å². The number of hydrazine groups is 1. The lowest BCUT2D eigenvalue weighted by Crippen LogP contribution is -2.30. The Kier molecular flexibility index (Phi) is 5.30. The fraction of sp³-hybridized carbons (Fsp3) is 0.286. The summed E-state index contributed by atoms with van der Waals surface area (Å²) in [5, 5.41) is 2.97. The van der Waals surface area contributed by atoms with Crippen LogP contribution in [0.25, 0.3) is 0 Å². The molecule has 0 fully saturated rings. The highest BCUT2D eigenvalue weighted by atomic mass is 35.5. The zero-order chi connectivity index (χ0) is 15.4. The van der Waals surface area contributed by atoms with E-state index in [2.05, 4.69) is 22.2 Å². The molecule has 0 radical (unpaired) electrons. The number of nitrogens with two attached hydrogens (primary N) is 1. The van der Waals surface area contributed by atoms with Gasteiger partial charge in [-0.15, -0.1) is 11.3 Å². The smallest absolute Gasteiger partial charge is 0.294 e. The fourth-order valence-corrected chi connectivity index (χ4v) is 2.77. The lowest BCUT2D eigenvalue weighted by Gasteiger charge is -2.24. The SMILES string of the molecule is CC(c1ccc(Cl)cc1)N(C)Cc1csc(C(=O)NN)n1. The van der Waals surface area contributed by atoms with Gasteiger partial charge in [0.15, 0.2) is 5.01 Å². The molecule has 1 unspecified atom stereocenters. The Balaban J connectivity index is 2.03. The first-order valence-electron chi connectivity index (χ1n) is 6.42. The van der Waals surface area contributed by atoms with Crippen molar-refractivity contribution in [3.05, 3.63) is 50.9 Å². The highest BCUT2D eigenvalue weighted by Gasteiger charge is 2.15. The molecule has 0 spiro atoms. The van der Waals surface area contributed by atoms with Crippen LogP contribution in [0, 0.1) is 0 Å². The van der Waals surface area contributed by atoms with E-state index in [1.54, 1.807) is 0 Å². The number of benzene rings is 1. The first-order valence-corrected chi connectivity index (χ1v) is 7.68. The van der Waals surface area contributed by atoms with Crippen molar-refractivity contribution < 1.29 is 4.79 Å². The van der Waals surface area contributed by atoms with Crippen molar-refractivity contribution in [1.82, 2.24) is 15.3 Å². The number of aromatic nitrogens is 1. The number of carbonyl (C=O) groups is 1. The number of carbonyl (C=O) groups excluding carboxylic acids is 1. The molecule has 5 nitrogen and oxygen atoms in total. The number of hydrogen-bond acceptors (Lipinski definition) is 5. The largest absolute Gasteiger partial charge is 0.294 e. The predicted molar refractivity (Wildman–Crippen MR) is 85.1 cm³/mol. The van der Waals surface area contributed by atoms with E-state index >= 15 is 0 Å². The zero-order valence-corrected chi connectivity index (χ0v) is 13.4. The maximum Gasteiger partial charge on any atom is 0.294 e. The molecule has 2 rings (SSSR count). The topological polar surface area (TPSA) is 71.2 Å². The summed E-state index contributed by atoms with van der Waals surface area (Å²) in [5.41, 5.74) is 4.11. The molecule has 1 heterocycles. The number of amides is 1. The van der Waals surface area contributed by atoms with Crippen LogP contribution in [0.3, 0.4) is 0 Å². The summed E-state index contributed by atoms with van der Waals surface area (Å²) in [7, 11) is 2.02. The van der Waals surface area contributed by atoms with Gasteiger partial charge in [0.1, 0.15) is 0 Å². The van der Waals surface area contributed by atoms with Gasteiger partial charge in [-0.05, 0) is 31.7 Å².